The van der Waals surface area contributed by atoms with Gasteiger partial charge in [-0.3, -0.25) is 0 Å². The van der Waals surface area contributed by atoms with Crippen molar-refractivity contribution in [3.05, 3.63) is 28.2 Å². The van der Waals surface area contributed by atoms with Crippen molar-refractivity contribution in [2.45, 2.75) is 6.54 Å². The number of halogens is 1. The first-order valence-electron chi connectivity index (χ1n) is 5.18. The molecule has 1 aromatic carbocycles. The summed E-state index contributed by atoms with van der Waals surface area (Å²) in [6.07, 6.45) is 0. The number of nitrogens with zero attached hydrogens (tertiary/aromatic N) is 1. The predicted molar refractivity (Wildman–Crippen MR) is 68.4 cm³/mol. The number of benzene rings is 1. The zero-order chi connectivity index (χ0) is 12.0. The van der Waals surface area contributed by atoms with Gasteiger partial charge in [0, 0.05) is 29.8 Å². The standard InChI is InChI=1S/C11H17BrN2O2/c12-11-7-10(2-1-9(11)8-13)14(3-5-15)4-6-16/h1-2,7,15-16H,3-6,8,13H2. The Morgan fingerprint density at radius 1 is 1.19 bits per heavy atom. The van der Waals surface area contributed by atoms with Gasteiger partial charge in [0.05, 0.1) is 13.2 Å². The summed E-state index contributed by atoms with van der Waals surface area (Å²) in [4.78, 5) is 1.92. The van der Waals surface area contributed by atoms with Crippen molar-refractivity contribution in [2.24, 2.45) is 5.73 Å². The second-order valence-electron chi connectivity index (χ2n) is 3.41. The molecule has 90 valence electrons. The number of hydrogen-bond donors (Lipinski definition) is 3. The van der Waals surface area contributed by atoms with Crippen LogP contribution in [0.15, 0.2) is 22.7 Å². The van der Waals surface area contributed by atoms with Gasteiger partial charge in [0.15, 0.2) is 0 Å². The van der Waals surface area contributed by atoms with Crippen LogP contribution in [0.4, 0.5) is 5.69 Å². The number of nitrogens with two attached hydrogens (primary N) is 1. The molecular formula is C11H17BrN2O2. The average molecular weight is 289 g/mol. The molecule has 1 aromatic rings. The Kier molecular flexibility index (Phi) is 5.76. The SMILES string of the molecule is NCc1ccc(N(CCO)CCO)cc1Br. The van der Waals surface area contributed by atoms with Crippen LogP contribution in [0.5, 0.6) is 0 Å². The largest absolute Gasteiger partial charge is 0.395 e. The normalized spacial score (nSPS) is 10.5. The molecule has 0 aliphatic heterocycles. The van der Waals surface area contributed by atoms with E-state index in [0.29, 0.717) is 19.6 Å². The fourth-order valence-corrected chi connectivity index (χ4v) is 2.04. The molecule has 0 fully saturated rings. The molecule has 16 heavy (non-hydrogen) atoms. The van der Waals surface area contributed by atoms with Gasteiger partial charge in [0.2, 0.25) is 0 Å². The number of rotatable bonds is 6. The van der Waals surface area contributed by atoms with Crippen LogP contribution in [-0.4, -0.2) is 36.5 Å². The smallest absolute Gasteiger partial charge is 0.0606 e. The number of hydrogen-bond acceptors (Lipinski definition) is 4. The van der Waals surface area contributed by atoms with Crippen LogP contribution in [-0.2, 0) is 6.54 Å². The monoisotopic (exact) mass is 288 g/mol. The quantitative estimate of drug-likeness (QED) is 0.721. The summed E-state index contributed by atoms with van der Waals surface area (Å²) in [5.41, 5.74) is 7.57. The second-order valence-corrected chi connectivity index (χ2v) is 4.27. The third-order valence-corrected chi connectivity index (χ3v) is 3.10. The minimum atomic E-state index is 0.0657. The first-order chi connectivity index (χ1) is 7.72. The van der Waals surface area contributed by atoms with Gasteiger partial charge in [0.1, 0.15) is 0 Å². The van der Waals surface area contributed by atoms with Crippen molar-refractivity contribution in [3.63, 3.8) is 0 Å². The molecule has 4 nitrogen and oxygen atoms in total. The number of aliphatic hydroxyl groups excluding tert-OH is 2. The highest BCUT2D eigenvalue weighted by Crippen LogP contribution is 2.23. The minimum absolute atomic E-state index is 0.0657. The molecule has 0 aliphatic carbocycles. The molecule has 1 rings (SSSR count). The lowest BCUT2D eigenvalue weighted by Crippen LogP contribution is -2.29. The van der Waals surface area contributed by atoms with Gasteiger partial charge in [-0.05, 0) is 17.7 Å². The van der Waals surface area contributed by atoms with Crippen LogP contribution in [0.2, 0.25) is 0 Å². The lowest BCUT2D eigenvalue weighted by molar-refractivity contribution is 0.281. The predicted octanol–water partition coefficient (Wildman–Crippen LogP) is 0.699. The molecule has 0 aromatic heterocycles. The Bertz CT molecular complexity index is 328. The van der Waals surface area contributed by atoms with E-state index in [1.165, 1.54) is 0 Å². The Morgan fingerprint density at radius 3 is 2.25 bits per heavy atom. The van der Waals surface area contributed by atoms with E-state index in [0.717, 1.165) is 15.7 Å². The highest BCUT2D eigenvalue weighted by Gasteiger charge is 2.07. The summed E-state index contributed by atoms with van der Waals surface area (Å²) < 4.78 is 0.952. The second kappa shape index (κ2) is 6.85. The fraction of sp³-hybridized carbons (Fsp3) is 0.455. The minimum Gasteiger partial charge on any atom is -0.395 e. The van der Waals surface area contributed by atoms with E-state index in [2.05, 4.69) is 15.9 Å². The molecule has 0 heterocycles. The van der Waals surface area contributed by atoms with Gasteiger partial charge in [0.25, 0.3) is 0 Å². The van der Waals surface area contributed by atoms with Gasteiger partial charge in [-0.15, -0.1) is 0 Å². The molecule has 0 unspecified atom stereocenters. The lowest BCUT2D eigenvalue weighted by Gasteiger charge is -2.23. The highest BCUT2D eigenvalue weighted by atomic mass is 79.9. The van der Waals surface area contributed by atoms with E-state index in [1.54, 1.807) is 0 Å². The Labute approximate surface area is 104 Å². The zero-order valence-corrected chi connectivity index (χ0v) is 10.7. The topological polar surface area (TPSA) is 69.7 Å². The first kappa shape index (κ1) is 13.4. The first-order valence-corrected chi connectivity index (χ1v) is 5.97. The molecule has 5 heteroatoms. The Morgan fingerprint density at radius 2 is 1.81 bits per heavy atom. The van der Waals surface area contributed by atoms with Crippen LogP contribution < -0.4 is 10.6 Å². The Hall–Kier alpha value is -0.620. The Balaban J connectivity index is 2.87. The van der Waals surface area contributed by atoms with Crippen LogP contribution in [0, 0.1) is 0 Å². The van der Waals surface area contributed by atoms with E-state index in [1.807, 2.05) is 23.1 Å². The van der Waals surface area contributed by atoms with E-state index < -0.39 is 0 Å². The molecule has 0 spiro atoms. The molecule has 0 saturated heterocycles. The number of aliphatic hydroxyl groups is 2. The van der Waals surface area contributed by atoms with E-state index in [9.17, 15) is 0 Å². The molecule has 0 saturated carbocycles. The molecule has 0 radical (unpaired) electrons. The van der Waals surface area contributed by atoms with Crippen LogP contribution in [0.25, 0.3) is 0 Å². The van der Waals surface area contributed by atoms with Gasteiger partial charge in [-0.2, -0.15) is 0 Å². The summed E-state index contributed by atoms with van der Waals surface area (Å²) in [6.45, 7) is 1.64. The maximum atomic E-state index is 8.94. The number of anilines is 1. The third kappa shape index (κ3) is 3.45. The molecular weight excluding hydrogens is 272 g/mol. The fourth-order valence-electron chi connectivity index (χ4n) is 1.51. The summed E-state index contributed by atoms with van der Waals surface area (Å²) in [6, 6.07) is 5.84. The molecule has 0 amide bonds. The van der Waals surface area contributed by atoms with E-state index >= 15 is 0 Å². The summed E-state index contributed by atoms with van der Waals surface area (Å²) in [5, 5.41) is 17.9. The van der Waals surface area contributed by atoms with Crippen LogP contribution in [0.1, 0.15) is 5.56 Å². The maximum Gasteiger partial charge on any atom is 0.0606 e. The van der Waals surface area contributed by atoms with Crippen LogP contribution in [0.3, 0.4) is 0 Å². The van der Waals surface area contributed by atoms with E-state index in [-0.39, 0.29) is 13.2 Å². The van der Waals surface area contributed by atoms with Crippen molar-refractivity contribution in [2.75, 3.05) is 31.2 Å². The van der Waals surface area contributed by atoms with E-state index in [4.69, 9.17) is 15.9 Å². The lowest BCUT2D eigenvalue weighted by atomic mass is 10.2. The average Bonchev–Trinajstić information content (AvgIpc) is 2.28. The van der Waals surface area contributed by atoms with Crippen molar-refractivity contribution in [3.8, 4) is 0 Å². The summed E-state index contributed by atoms with van der Waals surface area (Å²) >= 11 is 3.45. The van der Waals surface area contributed by atoms with Crippen molar-refractivity contribution in [1.29, 1.82) is 0 Å². The van der Waals surface area contributed by atoms with Crippen LogP contribution >= 0.6 is 15.9 Å². The van der Waals surface area contributed by atoms with Crippen molar-refractivity contribution < 1.29 is 10.2 Å². The summed E-state index contributed by atoms with van der Waals surface area (Å²) in [7, 11) is 0. The molecule has 4 N–H and O–H groups in total. The molecule has 0 aliphatic rings. The molecule has 0 bridgehead atoms. The highest BCUT2D eigenvalue weighted by molar-refractivity contribution is 9.10. The third-order valence-electron chi connectivity index (χ3n) is 2.36. The van der Waals surface area contributed by atoms with Gasteiger partial charge in [-0.1, -0.05) is 22.0 Å². The van der Waals surface area contributed by atoms with Gasteiger partial charge >= 0.3 is 0 Å². The van der Waals surface area contributed by atoms with Gasteiger partial charge < -0.3 is 20.8 Å². The van der Waals surface area contributed by atoms with Crippen molar-refractivity contribution in [1.82, 2.24) is 0 Å². The van der Waals surface area contributed by atoms with Crippen molar-refractivity contribution >= 4 is 21.6 Å². The van der Waals surface area contributed by atoms with Gasteiger partial charge in [-0.25, -0.2) is 0 Å². The zero-order valence-electron chi connectivity index (χ0n) is 9.06. The molecule has 0 atom stereocenters. The maximum absolute atomic E-state index is 8.94. The summed E-state index contributed by atoms with van der Waals surface area (Å²) in [5.74, 6) is 0.